The van der Waals surface area contributed by atoms with E-state index >= 15 is 0 Å². The minimum Gasteiger partial charge on any atom is -0.497 e. The molecule has 1 atom stereocenters. The van der Waals surface area contributed by atoms with Crippen molar-refractivity contribution in [3.63, 3.8) is 0 Å². The summed E-state index contributed by atoms with van der Waals surface area (Å²) in [7, 11) is 1.67. The Morgan fingerprint density at radius 2 is 1.88 bits per heavy atom. The van der Waals surface area contributed by atoms with Crippen molar-refractivity contribution in [2.75, 3.05) is 13.7 Å². The highest BCUT2D eigenvalue weighted by molar-refractivity contribution is 5.84. The molecule has 0 spiro atoms. The van der Waals surface area contributed by atoms with Crippen LogP contribution in [0.2, 0.25) is 0 Å². The molecule has 0 saturated carbocycles. The lowest BCUT2D eigenvalue weighted by molar-refractivity contribution is 0.282. The molecule has 1 unspecified atom stereocenters. The van der Waals surface area contributed by atoms with Crippen LogP contribution in [-0.4, -0.2) is 18.8 Å². The second kappa shape index (κ2) is 5.19. The van der Waals surface area contributed by atoms with Crippen LogP contribution >= 0.6 is 0 Å². The van der Waals surface area contributed by atoms with Gasteiger partial charge in [0.1, 0.15) is 5.75 Å². The molecule has 0 aliphatic heterocycles. The Morgan fingerprint density at radius 1 is 1.18 bits per heavy atom. The highest BCUT2D eigenvalue weighted by Crippen LogP contribution is 2.26. The van der Waals surface area contributed by atoms with Gasteiger partial charge in [0.25, 0.3) is 0 Å². The third-order valence-electron chi connectivity index (χ3n) is 3.02. The quantitative estimate of drug-likeness (QED) is 0.872. The van der Waals surface area contributed by atoms with Gasteiger partial charge in [-0.3, -0.25) is 0 Å². The van der Waals surface area contributed by atoms with E-state index in [0.29, 0.717) is 6.42 Å². The molecule has 1 radical (unpaired) electrons. The Kier molecular flexibility index (Phi) is 3.64. The van der Waals surface area contributed by atoms with Gasteiger partial charge in [0.2, 0.25) is 0 Å². The van der Waals surface area contributed by atoms with Gasteiger partial charge in [-0.05, 0) is 47.7 Å². The summed E-state index contributed by atoms with van der Waals surface area (Å²) < 4.78 is 5.19. The second-order valence-corrected chi connectivity index (χ2v) is 4.18. The van der Waals surface area contributed by atoms with Crippen LogP contribution < -0.4 is 4.74 Å². The number of aliphatic hydroxyl groups excluding tert-OH is 1. The summed E-state index contributed by atoms with van der Waals surface area (Å²) in [6, 6.07) is 12.3. The first kappa shape index (κ1) is 11.9. The molecule has 17 heavy (non-hydrogen) atoms. The molecule has 2 aromatic rings. The van der Waals surface area contributed by atoms with E-state index in [1.807, 2.05) is 18.2 Å². The van der Waals surface area contributed by atoms with Crippen molar-refractivity contribution in [2.24, 2.45) is 0 Å². The number of rotatable bonds is 4. The molecule has 2 heteroatoms. The summed E-state index contributed by atoms with van der Waals surface area (Å²) in [6.07, 6.45) is 0.696. The van der Waals surface area contributed by atoms with E-state index < -0.39 is 0 Å². The molecule has 0 aromatic heterocycles. The average molecular weight is 229 g/mol. The fourth-order valence-corrected chi connectivity index (χ4v) is 1.95. The summed E-state index contributed by atoms with van der Waals surface area (Å²) in [4.78, 5) is 0. The van der Waals surface area contributed by atoms with Crippen molar-refractivity contribution in [1.29, 1.82) is 0 Å². The van der Waals surface area contributed by atoms with Crippen molar-refractivity contribution in [3.05, 3.63) is 48.9 Å². The Hall–Kier alpha value is -1.54. The Labute approximate surface area is 102 Å². The van der Waals surface area contributed by atoms with Crippen LogP contribution in [0.1, 0.15) is 17.9 Å². The molecule has 0 aliphatic carbocycles. The molecule has 0 fully saturated rings. The first-order chi connectivity index (χ1) is 8.24. The zero-order valence-corrected chi connectivity index (χ0v) is 10.0. The summed E-state index contributed by atoms with van der Waals surface area (Å²) in [5.74, 6) is 1.01. The largest absolute Gasteiger partial charge is 0.497 e. The molecular formula is C15H17O2. The number of benzene rings is 2. The first-order valence-corrected chi connectivity index (χ1v) is 5.76. The summed E-state index contributed by atoms with van der Waals surface area (Å²) in [5, 5.41) is 11.3. The van der Waals surface area contributed by atoms with E-state index in [2.05, 4.69) is 25.1 Å². The van der Waals surface area contributed by atoms with Crippen LogP contribution in [0.25, 0.3) is 10.8 Å². The number of hydrogen-bond acceptors (Lipinski definition) is 2. The van der Waals surface area contributed by atoms with Crippen molar-refractivity contribution >= 4 is 10.8 Å². The number of hydrogen-bond donors (Lipinski definition) is 1. The fraction of sp³-hybridized carbons (Fsp3) is 0.267. The maximum Gasteiger partial charge on any atom is 0.119 e. The second-order valence-electron chi connectivity index (χ2n) is 4.18. The molecule has 0 amide bonds. The van der Waals surface area contributed by atoms with Crippen LogP contribution in [0.3, 0.4) is 0 Å². The predicted molar refractivity (Wildman–Crippen MR) is 70.3 cm³/mol. The molecule has 2 aromatic carbocycles. The lowest BCUT2D eigenvalue weighted by atomic mass is 9.95. The molecular weight excluding hydrogens is 212 g/mol. The van der Waals surface area contributed by atoms with Gasteiger partial charge >= 0.3 is 0 Å². The first-order valence-electron chi connectivity index (χ1n) is 5.76. The molecule has 0 saturated heterocycles. The summed E-state index contributed by atoms with van der Waals surface area (Å²) in [6.45, 7) is 4.23. The molecule has 0 bridgehead atoms. The number of fused-ring (bicyclic) bond motifs is 1. The highest BCUT2D eigenvalue weighted by Gasteiger charge is 2.06. The van der Waals surface area contributed by atoms with Crippen LogP contribution in [0.4, 0.5) is 0 Å². The summed E-state index contributed by atoms with van der Waals surface area (Å²) >= 11 is 0. The molecule has 2 nitrogen and oxygen atoms in total. The van der Waals surface area contributed by atoms with Crippen molar-refractivity contribution in [2.45, 2.75) is 12.3 Å². The van der Waals surface area contributed by atoms with E-state index in [1.165, 1.54) is 5.39 Å². The smallest absolute Gasteiger partial charge is 0.119 e. The summed E-state index contributed by atoms with van der Waals surface area (Å²) in [5.41, 5.74) is 1.16. The van der Waals surface area contributed by atoms with Gasteiger partial charge in [-0.1, -0.05) is 24.3 Å². The lowest BCUT2D eigenvalue weighted by Gasteiger charge is -2.11. The molecule has 2 rings (SSSR count). The SMILES string of the molecule is [CH2]C(CCO)c1ccc2cc(OC)ccc2c1. The topological polar surface area (TPSA) is 29.5 Å². The van der Waals surface area contributed by atoms with Gasteiger partial charge in [-0.2, -0.15) is 0 Å². The predicted octanol–water partition coefficient (Wildman–Crippen LogP) is 3.15. The average Bonchev–Trinajstić information content (AvgIpc) is 2.37. The van der Waals surface area contributed by atoms with E-state index in [4.69, 9.17) is 9.84 Å². The van der Waals surface area contributed by atoms with Gasteiger partial charge in [0.15, 0.2) is 0 Å². The van der Waals surface area contributed by atoms with E-state index in [0.717, 1.165) is 16.7 Å². The van der Waals surface area contributed by atoms with Crippen LogP contribution in [-0.2, 0) is 0 Å². The third-order valence-corrected chi connectivity index (χ3v) is 3.02. The molecule has 89 valence electrons. The van der Waals surface area contributed by atoms with Gasteiger partial charge in [-0.15, -0.1) is 0 Å². The zero-order chi connectivity index (χ0) is 12.3. The minimum atomic E-state index is 0.145. The Morgan fingerprint density at radius 3 is 2.59 bits per heavy atom. The third kappa shape index (κ3) is 2.59. The molecule has 0 aliphatic rings. The Bertz CT molecular complexity index is 505. The van der Waals surface area contributed by atoms with Crippen molar-refractivity contribution in [1.82, 2.24) is 0 Å². The van der Waals surface area contributed by atoms with Crippen LogP contribution in [0.15, 0.2) is 36.4 Å². The van der Waals surface area contributed by atoms with Gasteiger partial charge in [0, 0.05) is 6.61 Å². The number of aliphatic hydroxyl groups is 1. The Balaban J connectivity index is 2.37. The number of ether oxygens (including phenoxy) is 1. The monoisotopic (exact) mass is 229 g/mol. The van der Waals surface area contributed by atoms with Crippen molar-refractivity contribution in [3.8, 4) is 5.75 Å². The van der Waals surface area contributed by atoms with Crippen molar-refractivity contribution < 1.29 is 9.84 Å². The maximum absolute atomic E-state index is 8.92. The standard InChI is InChI=1S/C15H17O2/c1-11(7-8-16)12-3-4-14-10-15(17-2)6-5-13(14)9-12/h3-6,9-11,16H,1,7-8H2,2H3. The molecule has 0 heterocycles. The normalized spacial score (nSPS) is 12.6. The van der Waals surface area contributed by atoms with Gasteiger partial charge < -0.3 is 9.84 Å². The van der Waals surface area contributed by atoms with Crippen LogP contribution in [0.5, 0.6) is 5.75 Å². The van der Waals surface area contributed by atoms with E-state index in [9.17, 15) is 0 Å². The fourth-order valence-electron chi connectivity index (χ4n) is 1.95. The highest BCUT2D eigenvalue weighted by atomic mass is 16.5. The zero-order valence-electron chi connectivity index (χ0n) is 10.0. The number of methoxy groups -OCH3 is 1. The van der Waals surface area contributed by atoms with Gasteiger partial charge in [-0.25, -0.2) is 0 Å². The minimum absolute atomic E-state index is 0.145. The van der Waals surface area contributed by atoms with E-state index in [-0.39, 0.29) is 12.5 Å². The van der Waals surface area contributed by atoms with Crippen LogP contribution in [0, 0.1) is 6.92 Å². The van der Waals surface area contributed by atoms with E-state index in [1.54, 1.807) is 7.11 Å². The molecule has 1 N–H and O–H groups in total. The maximum atomic E-state index is 8.92. The van der Waals surface area contributed by atoms with Gasteiger partial charge in [0.05, 0.1) is 7.11 Å². The lowest BCUT2D eigenvalue weighted by Crippen LogP contribution is -1.96.